The van der Waals surface area contributed by atoms with E-state index in [1.165, 1.54) is 12.8 Å². The van der Waals surface area contributed by atoms with Gasteiger partial charge in [0.1, 0.15) is 12.4 Å². The molecule has 1 aromatic heterocycles. The number of aliphatic hydroxyl groups is 2. The fraction of sp³-hybridized carbons (Fsp3) is 0.733. The van der Waals surface area contributed by atoms with E-state index in [-0.39, 0.29) is 6.61 Å². The molecule has 1 aromatic rings. The average molecular weight is 283 g/mol. The first-order chi connectivity index (χ1) is 9.79. The molecule has 0 aromatic carbocycles. The summed E-state index contributed by atoms with van der Waals surface area (Å²) in [5.74, 6) is 0.772. The molecule has 5 nitrogen and oxygen atoms in total. The van der Waals surface area contributed by atoms with E-state index in [1.807, 2.05) is 12.1 Å². The van der Waals surface area contributed by atoms with Crippen LogP contribution in [-0.4, -0.2) is 53.6 Å². The summed E-state index contributed by atoms with van der Waals surface area (Å²) in [7, 11) is 0. The van der Waals surface area contributed by atoms with E-state index in [4.69, 9.17) is 14.3 Å². The number of likely N-dealkylation sites (tertiary alicyclic amines) is 1. The smallest absolute Gasteiger partial charge is 0.129 e. The number of aliphatic hydroxyl groups excluding tert-OH is 2. The summed E-state index contributed by atoms with van der Waals surface area (Å²) in [6.07, 6.45) is 5.40. The molecule has 0 spiro atoms. The van der Waals surface area contributed by atoms with Crippen LogP contribution in [-0.2, 0) is 11.3 Å². The summed E-state index contributed by atoms with van der Waals surface area (Å²) < 4.78 is 10.6. The third kappa shape index (κ3) is 4.90. The lowest BCUT2D eigenvalue weighted by molar-refractivity contribution is -0.00958. The van der Waals surface area contributed by atoms with Gasteiger partial charge in [-0.1, -0.05) is 6.42 Å². The second kappa shape index (κ2) is 8.42. The van der Waals surface area contributed by atoms with Crippen molar-refractivity contribution in [2.75, 3.05) is 26.3 Å². The first-order valence-corrected chi connectivity index (χ1v) is 7.42. The van der Waals surface area contributed by atoms with Gasteiger partial charge in [0.15, 0.2) is 0 Å². The largest absolute Gasteiger partial charge is 0.467 e. The van der Waals surface area contributed by atoms with Crippen molar-refractivity contribution in [3.8, 4) is 0 Å². The average Bonchev–Trinajstić information content (AvgIpc) is 2.94. The molecule has 2 heterocycles. The van der Waals surface area contributed by atoms with E-state index >= 15 is 0 Å². The quantitative estimate of drug-likeness (QED) is 0.755. The van der Waals surface area contributed by atoms with Gasteiger partial charge in [-0.05, 0) is 37.9 Å². The molecule has 0 radical (unpaired) electrons. The number of rotatable bonds is 8. The molecule has 1 fully saturated rings. The Morgan fingerprint density at radius 2 is 2.35 bits per heavy atom. The third-order valence-corrected chi connectivity index (χ3v) is 3.79. The fourth-order valence-electron chi connectivity index (χ4n) is 2.79. The number of β-amino-alcohol motifs (C(OH)–C–C–N with tert-alkyl or cyclic N) is 1. The molecule has 2 N–H and O–H groups in total. The summed E-state index contributed by atoms with van der Waals surface area (Å²) in [6.45, 7) is 2.53. The number of ether oxygens (including phenoxy) is 1. The minimum Gasteiger partial charge on any atom is -0.467 e. The highest BCUT2D eigenvalue weighted by Gasteiger charge is 2.23. The summed E-state index contributed by atoms with van der Waals surface area (Å²) in [6, 6.07) is 4.07. The summed E-state index contributed by atoms with van der Waals surface area (Å²) in [5.41, 5.74) is 0. The molecular weight excluding hydrogens is 258 g/mol. The number of nitrogens with zero attached hydrogens (tertiary/aromatic N) is 1. The third-order valence-electron chi connectivity index (χ3n) is 3.79. The van der Waals surface area contributed by atoms with Gasteiger partial charge in [0.05, 0.1) is 19.0 Å². The van der Waals surface area contributed by atoms with Crippen molar-refractivity contribution in [3.63, 3.8) is 0 Å². The second-order valence-corrected chi connectivity index (χ2v) is 5.41. The minimum absolute atomic E-state index is 0.215. The Labute approximate surface area is 120 Å². The summed E-state index contributed by atoms with van der Waals surface area (Å²) in [5, 5.41) is 19.1. The van der Waals surface area contributed by atoms with Gasteiger partial charge >= 0.3 is 0 Å². The maximum absolute atomic E-state index is 10.1. The van der Waals surface area contributed by atoms with Gasteiger partial charge < -0.3 is 19.4 Å². The number of hydrogen-bond donors (Lipinski definition) is 2. The zero-order chi connectivity index (χ0) is 14.2. The van der Waals surface area contributed by atoms with Crippen LogP contribution in [0.5, 0.6) is 0 Å². The first kappa shape index (κ1) is 15.5. The van der Waals surface area contributed by atoms with Crippen molar-refractivity contribution in [2.24, 2.45) is 0 Å². The van der Waals surface area contributed by atoms with Gasteiger partial charge in [-0.2, -0.15) is 0 Å². The Balaban J connectivity index is 1.68. The van der Waals surface area contributed by atoms with E-state index in [2.05, 4.69) is 4.90 Å². The van der Waals surface area contributed by atoms with Gasteiger partial charge in [-0.25, -0.2) is 0 Å². The van der Waals surface area contributed by atoms with E-state index in [9.17, 15) is 5.11 Å². The van der Waals surface area contributed by atoms with Crippen molar-refractivity contribution in [1.29, 1.82) is 0 Å². The van der Waals surface area contributed by atoms with Crippen molar-refractivity contribution >= 4 is 0 Å². The predicted octanol–water partition coefficient (Wildman–Crippen LogP) is 1.39. The molecule has 0 aliphatic carbocycles. The Bertz CT molecular complexity index is 353. The van der Waals surface area contributed by atoms with Crippen LogP contribution < -0.4 is 0 Å². The molecule has 2 atom stereocenters. The van der Waals surface area contributed by atoms with Gasteiger partial charge in [-0.3, -0.25) is 4.90 Å². The van der Waals surface area contributed by atoms with Gasteiger partial charge in [0, 0.05) is 19.2 Å². The normalized spacial score (nSPS) is 22.0. The molecule has 0 bridgehead atoms. The van der Waals surface area contributed by atoms with E-state index < -0.39 is 6.10 Å². The van der Waals surface area contributed by atoms with Gasteiger partial charge in [0.25, 0.3) is 0 Å². The number of hydrogen-bond acceptors (Lipinski definition) is 5. The Kier molecular flexibility index (Phi) is 6.53. The highest BCUT2D eigenvalue weighted by molar-refractivity contribution is 4.96. The highest BCUT2D eigenvalue weighted by Crippen LogP contribution is 2.19. The molecule has 20 heavy (non-hydrogen) atoms. The lowest BCUT2D eigenvalue weighted by atomic mass is 9.99. The van der Waals surface area contributed by atoms with E-state index in [1.54, 1.807) is 6.26 Å². The maximum atomic E-state index is 10.1. The van der Waals surface area contributed by atoms with Gasteiger partial charge in [-0.15, -0.1) is 0 Å². The fourth-order valence-corrected chi connectivity index (χ4v) is 2.79. The zero-order valence-electron chi connectivity index (χ0n) is 11.9. The molecule has 5 heteroatoms. The SMILES string of the molecule is OCCC1CCCCN1CC(O)COCc1ccco1. The van der Waals surface area contributed by atoms with Crippen LogP contribution in [0.1, 0.15) is 31.4 Å². The molecule has 114 valence electrons. The van der Waals surface area contributed by atoms with Crippen LogP contribution in [0.25, 0.3) is 0 Å². The van der Waals surface area contributed by atoms with Crippen LogP contribution in [0, 0.1) is 0 Å². The topological polar surface area (TPSA) is 66.1 Å². The lowest BCUT2D eigenvalue weighted by Gasteiger charge is -2.36. The molecular formula is C15H25NO4. The Morgan fingerprint density at radius 1 is 1.45 bits per heavy atom. The molecule has 1 saturated heterocycles. The molecule has 0 amide bonds. The lowest BCUT2D eigenvalue weighted by Crippen LogP contribution is -2.45. The van der Waals surface area contributed by atoms with Crippen LogP contribution in [0.15, 0.2) is 22.8 Å². The van der Waals surface area contributed by atoms with Crippen molar-refractivity contribution in [1.82, 2.24) is 4.90 Å². The standard InChI is InChI=1S/C15H25NO4/c17-8-6-13-4-1-2-7-16(13)10-14(18)11-19-12-15-5-3-9-20-15/h3,5,9,13-14,17-18H,1-2,4,6-8,10-12H2. The molecule has 2 unspecified atom stereocenters. The summed E-state index contributed by atoms with van der Waals surface area (Å²) in [4.78, 5) is 2.28. The summed E-state index contributed by atoms with van der Waals surface area (Å²) >= 11 is 0. The van der Waals surface area contributed by atoms with Crippen molar-refractivity contribution in [2.45, 2.75) is 44.4 Å². The predicted molar refractivity (Wildman–Crippen MR) is 75.3 cm³/mol. The molecule has 2 rings (SSSR count). The van der Waals surface area contributed by atoms with Crippen LogP contribution in [0.4, 0.5) is 0 Å². The van der Waals surface area contributed by atoms with Crippen LogP contribution in [0.3, 0.4) is 0 Å². The molecule has 0 saturated carbocycles. The Morgan fingerprint density at radius 3 is 3.10 bits per heavy atom. The molecule has 1 aliphatic heterocycles. The number of furan rings is 1. The van der Waals surface area contributed by atoms with Crippen LogP contribution in [0.2, 0.25) is 0 Å². The second-order valence-electron chi connectivity index (χ2n) is 5.41. The zero-order valence-corrected chi connectivity index (χ0v) is 11.9. The maximum Gasteiger partial charge on any atom is 0.129 e. The molecule has 1 aliphatic rings. The van der Waals surface area contributed by atoms with E-state index in [0.29, 0.717) is 25.8 Å². The van der Waals surface area contributed by atoms with Gasteiger partial charge in [0.2, 0.25) is 0 Å². The van der Waals surface area contributed by atoms with Crippen molar-refractivity contribution < 1.29 is 19.4 Å². The van der Waals surface area contributed by atoms with Crippen molar-refractivity contribution in [3.05, 3.63) is 24.2 Å². The Hall–Kier alpha value is -0.880. The number of piperidine rings is 1. The van der Waals surface area contributed by atoms with Crippen LogP contribution >= 0.6 is 0 Å². The minimum atomic E-state index is -0.496. The highest BCUT2D eigenvalue weighted by atomic mass is 16.5. The monoisotopic (exact) mass is 283 g/mol. The van der Waals surface area contributed by atoms with E-state index in [0.717, 1.165) is 25.1 Å². The first-order valence-electron chi connectivity index (χ1n) is 7.42.